The van der Waals surface area contributed by atoms with Gasteiger partial charge in [-0.05, 0) is 69.0 Å². The molecule has 29 heavy (non-hydrogen) atoms. The lowest BCUT2D eigenvalue weighted by Gasteiger charge is -2.32. The van der Waals surface area contributed by atoms with E-state index in [0.717, 1.165) is 29.7 Å². The van der Waals surface area contributed by atoms with Gasteiger partial charge in [-0.1, -0.05) is 12.1 Å². The van der Waals surface area contributed by atoms with Crippen molar-refractivity contribution in [1.82, 2.24) is 4.31 Å². The fourth-order valence-corrected chi connectivity index (χ4v) is 5.02. The largest absolute Gasteiger partial charge is 0.495 e. The molecule has 0 aliphatic carbocycles. The Morgan fingerprint density at radius 1 is 1.21 bits per heavy atom. The summed E-state index contributed by atoms with van der Waals surface area (Å²) < 4.78 is 32.5. The summed E-state index contributed by atoms with van der Waals surface area (Å²) in [6.07, 6.45) is 1.73. The number of carbonyl (C=O) groups excluding carboxylic acids is 1. The van der Waals surface area contributed by atoms with Crippen molar-refractivity contribution < 1.29 is 17.9 Å². The van der Waals surface area contributed by atoms with Gasteiger partial charge in [0.05, 0.1) is 17.7 Å². The van der Waals surface area contributed by atoms with Crippen molar-refractivity contribution >= 4 is 21.6 Å². The van der Waals surface area contributed by atoms with Gasteiger partial charge in [-0.3, -0.25) is 4.79 Å². The molecule has 0 bridgehead atoms. The van der Waals surface area contributed by atoms with Gasteiger partial charge < -0.3 is 9.64 Å². The molecular weight excluding hydrogens is 388 g/mol. The van der Waals surface area contributed by atoms with Crippen LogP contribution in [0.25, 0.3) is 0 Å². The quantitative estimate of drug-likeness (QED) is 0.747. The van der Waals surface area contributed by atoms with E-state index in [1.54, 1.807) is 31.2 Å². The van der Waals surface area contributed by atoms with Gasteiger partial charge in [-0.15, -0.1) is 0 Å². The van der Waals surface area contributed by atoms with Crippen LogP contribution in [0.2, 0.25) is 0 Å². The van der Waals surface area contributed by atoms with E-state index in [1.165, 1.54) is 16.4 Å². The highest BCUT2D eigenvalue weighted by molar-refractivity contribution is 7.89. The van der Waals surface area contributed by atoms with Crippen molar-refractivity contribution in [2.75, 3.05) is 25.6 Å². The van der Waals surface area contributed by atoms with Crippen molar-refractivity contribution in [3.63, 3.8) is 0 Å². The number of rotatable bonds is 5. The Bertz CT molecular complexity index is 1030. The van der Waals surface area contributed by atoms with Gasteiger partial charge in [0.15, 0.2) is 0 Å². The highest BCUT2D eigenvalue weighted by Crippen LogP contribution is 2.39. The van der Waals surface area contributed by atoms with Crippen LogP contribution in [0.3, 0.4) is 0 Å². The molecule has 0 N–H and O–H groups in total. The Hall–Kier alpha value is -2.38. The average molecular weight is 417 g/mol. The average Bonchev–Trinajstić information content (AvgIpc) is 2.72. The second-order valence-corrected chi connectivity index (χ2v) is 9.61. The van der Waals surface area contributed by atoms with Crippen LogP contribution >= 0.6 is 0 Å². The van der Waals surface area contributed by atoms with Gasteiger partial charge >= 0.3 is 0 Å². The van der Waals surface area contributed by atoms with Gasteiger partial charge in [-0.25, -0.2) is 8.42 Å². The number of benzene rings is 2. The third-order valence-corrected chi connectivity index (χ3v) is 7.54. The zero-order valence-electron chi connectivity index (χ0n) is 17.6. The fourth-order valence-electron chi connectivity index (χ4n) is 3.61. The summed E-state index contributed by atoms with van der Waals surface area (Å²) in [5.41, 5.74) is 3.36. The van der Waals surface area contributed by atoms with Crippen LogP contribution < -0.4 is 9.64 Å². The van der Waals surface area contributed by atoms with Crippen molar-refractivity contribution in [2.24, 2.45) is 0 Å². The Kier molecular flexibility index (Phi) is 6.00. The molecule has 0 saturated carbocycles. The van der Waals surface area contributed by atoms with Gasteiger partial charge in [0.25, 0.3) is 5.91 Å². The third kappa shape index (κ3) is 3.89. The second-order valence-electron chi connectivity index (χ2n) is 7.62. The first-order valence-electron chi connectivity index (χ1n) is 9.75. The number of ether oxygens (including phenoxy) is 1. The standard InChI is InChI=1S/C22H28N2O4S/c1-15(2)23(4)29(26,27)18-9-6-8-17(14-18)22(25)24-13-7-10-19-16(3)11-12-20(28-5)21(19)24/h6,8-9,11-12,14-15H,7,10,13H2,1-5H3. The summed E-state index contributed by atoms with van der Waals surface area (Å²) in [4.78, 5) is 15.2. The van der Waals surface area contributed by atoms with Gasteiger partial charge in [-0.2, -0.15) is 4.31 Å². The highest BCUT2D eigenvalue weighted by atomic mass is 32.2. The number of hydrogen-bond acceptors (Lipinski definition) is 4. The zero-order valence-corrected chi connectivity index (χ0v) is 18.4. The minimum absolute atomic E-state index is 0.119. The maximum atomic E-state index is 13.4. The molecule has 0 fully saturated rings. The van der Waals surface area contributed by atoms with Crippen molar-refractivity contribution in [1.29, 1.82) is 0 Å². The Morgan fingerprint density at radius 2 is 1.93 bits per heavy atom. The van der Waals surface area contributed by atoms with Crippen LogP contribution in [0, 0.1) is 6.92 Å². The summed E-state index contributed by atoms with van der Waals surface area (Å²) in [6.45, 7) is 6.22. The van der Waals surface area contributed by atoms with E-state index in [4.69, 9.17) is 4.74 Å². The Balaban J connectivity index is 2.03. The molecule has 0 radical (unpaired) electrons. The molecule has 3 rings (SSSR count). The van der Waals surface area contributed by atoms with E-state index in [2.05, 4.69) is 0 Å². The molecule has 0 spiro atoms. The number of sulfonamides is 1. The predicted octanol–water partition coefficient (Wildman–Crippen LogP) is 3.63. The van der Waals surface area contributed by atoms with Crippen molar-refractivity contribution in [3.8, 4) is 5.75 Å². The fraction of sp³-hybridized carbons (Fsp3) is 0.409. The van der Waals surface area contributed by atoms with Crippen LogP contribution in [0.5, 0.6) is 5.75 Å². The summed E-state index contributed by atoms with van der Waals surface area (Å²) >= 11 is 0. The monoisotopic (exact) mass is 416 g/mol. The Morgan fingerprint density at radius 3 is 2.59 bits per heavy atom. The van der Waals surface area contributed by atoms with E-state index in [1.807, 2.05) is 32.9 Å². The molecule has 0 saturated heterocycles. The van der Waals surface area contributed by atoms with E-state index in [9.17, 15) is 13.2 Å². The van der Waals surface area contributed by atoms with Crippen LogP contribution in [0.15, 0.2) is 41.3 Å². The lowest BCUT2D eigenvalue weighted by molar-refractivity contribution is 0.0984. The van der Waals surface area contributed by atoms with Crippen molar-refractivity contribution in [2.45, 2.75) is 44.6 Å². The number of nitrogens with zero attached hydrogens (tertiary/aromatic N) is 2. The molecule has 1 amide bonds. The number of anilines is 1. The minimum Gasteiger partial charge on any atom is -0.495 e. The first-order chi connectivity index (χ1) is 13.7. The summed E-state index contributed by atoms with van der Waals surface area (Å²) in [5.74, 6) is 0.432. The number of carbonyl (C=O) groups is 1. The van der Waals surface area contributed by atoms with E-state index in [0.29, 0.717) is 17.9 Å². The second kappa shape index (κ2) is 8.16. The van der Waals surface area contributed by atoms with Crippen molar-refractivity contribution in [3.05, 3.63) is 53.1 Å². The number of amides is 1. The third-order valence-electron chi connectivity index (χ3n) is 5.51. The summed E-state index contributed by atoms with van der Waals surface area (Å²) in [5, 5.41) is 0. The number of aryl methyl sites for hydroxylation is 1. The highest BCUT2D eigenvalue weighted by Gasteiger charge is 2.29. The van der Waals surface area contributed by atoms with Gasteiger partial charge in [0.1, 0.15) is 5.75 Å². The molecule has 6 nitrogen and oxygen atoms in total. The molecule has 7 heteroatoms. The smallest absolute Gasteiger partial charge is 0.258 e. The first kappa shape index (κ1) is 21.3. The zero-order chi connectivity index (χ0) is 21.3. The van der Waals surface area contributed by atoms with E-state index in [-0.39, 0.29) is 16.8 Å². The summed E-state index contributed by atoms with van der Waals surface area (Å²) in [6, 6.07) is 9.96. The molecule has 1 aliphatic rings. The molecular formula is C22H28N2O4S. The molecule has 1 heterocycles. The predicted molar refractivity (Wildman–Crippen MR) is 114 cm³/mol. The molecule has 0 aromatic heterocycles. The molecule has 1 aliphatic heterocycles. The summed E-state index contributed by atoms with van der Waals surface area (Å²) in [7, 11) is -0.528. The van der Waals surface area contributed by atoms with Crippen LogP contribution in [-0.2, 0) is 16.4 Å². The van der Waals surface area contributed by atoms with E-state index >= 15 is 0 Å². The molecule has 2 aromatic rings. The lowest BCUT2D eigenvalue weighted by atomic mass is 9.95. The molecule has 0 atom stereocenters. The number of methoxy groups -OCH3 is 1. The Labute approximate surface area is 173 Å². The minimum atomic E-state index is -3.67. The van der Waals surface area contributed by atoms with Crippen LogP contribution in [-0.4, -0.2) is 45.4 Å². The van der Waals surface area contributed by atoms with Crippen LogP contribution in [0.4, 0.5) is 5.69 Å². The maximum absolute atomic E-state index is 13.4. The normalized spacial score (nSPS) is 14.2. The molecule has 156 valence electrons. The molecule has 2 aromatic carbocycles. The van der Waals surface area contributed by atoms with Gasteiger partial charge in [0.2, 0.25) is 10.0 Å². The van der Waals surface area contributed by atoms with Gasteiger partial charge in [0, 0.05) is 25.2 Å². The maximum Gasteiger partial charge on any atom is 0.258 e. The lowest BCUT2D eigenvalue weighted by Crippen LogP contribution is -2.36. The number of hydrogen-bond donors (Lipinski definition) is 0. The topological polar surface area (TPSA) is 66.9 Å². The van der Waals surface area contributed by atoms with E-state index < -0.39 is 10.0 Å². The molecule has 0 unspecified atom stereocenters. The van der Waals surface area contributed by atoms with Crippen LogP contribution in [0.1, 0.15) is 41.8 Å². The first-order valence-corrected chi connectivity index (χ1v) is 11.2. The SMILES string of the molecule is COc1ccc(C)c2c1N(C(=O)c1cccc(S(=O)(=O)N(C)C(C)C)c1)CCC2. The number of fused-ring (bicyclic) bond motifs is 1.